The molecule has 138 valence electrons. The molecule has 1 aliphatic rings. The lowest BCUT2D eigenvalue weighted by Crippen LogP contribution is -2.29. The van der Waals surface area contributed by atoms with E-state index in [0.717, 1.165) is 17.7 Å². The Bertz CT molecular complexity index is 773. The molecule has 5 heteroatoms. The maximum absolute atomic E-state index is 12.1. The highest BCUT2D eigenvalue weighted by molar-refractivity contribution is 5.78. The second-order valence-electron chi connectivity index (χ2n) is 6.35. The fourth-order valence-corrected chi connectivity index (χ4v) is 3.24. The van der Waals surface area contributed by atoms with E-state index in [1.54, 1.807) is 20.3 Å². The molecular weight excluding hydrogens is 330 g/mol. The molecule has 0 heterocycles. The zero-order valence-electron chi connectivity index (χ0n) is 15.3. The molecule has 2 aromatic rings. The third-order valence-corrected chi connectivity index (χ3v) is 4.58. The first kappa shape index (κ1) is 18.1. The van der Waals surface area contributed by atoms with Crippen LogP contribution in [0.5, 0.6) is 17.2 Å². The Kier molecular flexibility index (Phi) is 6.00. The molecule has 0 bridgehead atoms. The van der Waals surface area contributed by atoms with E-state index in [4.69, 9.17) is 14.2 Å². The van der Waals surface area contributed by atoms with Crippen LogP contribution in [-0.4, -0.2) is 33.3 Å². The quantitative estimate of drug-likeness (QED) is 0.740. The predicted molar refractivity (Wildman–Crippen MR) is 100 cm³/mol. The Hall–Kier alpha value is -2.69. The van der Waals surface area contributed by atoms with Gasteiger partial charge in [0.2, 0.25) is 5.91 Å². The van der Waals surface area contributed by atoms with Crippen LogP contribution in [0.25, 0.3) is 0 Å². The first-order valence-corrected chi connectivity index (χ1v) is 8.92. The van der Waals surface area contributed by atoms with Crippen molar-refractivity contribution in [2.45, 2.75) is 25.7 Å². The summed E-state index contributed by atoms with van der Waals surface area (Å²) in [4.78, 5) is 12.1. The van der Waals surface area contributed by atoms with Gasteiger partial charge in [-0.3, -0.25) is 4.79 Å². The number of fused-ring (bicyclic) bond motifs is 1. The van der Waals surface area contributed by atoms with E-state index in [0.29, 0.717) is 31.1 Å². The van der Waals surface area contributed by atoms with Gasteiger partial charge in [0.25, 0.3) is 0 Å². The van der Waals surface area contributed by atoms with Crippen molar-refractivity contribution in [3.05, 3.63) is 53.1 Å². The molecule has 1 N–H and O–H groups in total. The van der Waals surface area contributed by atoms with Gasteiger partial charge in [0, 0.05) is 0 Å². The van der Waals surface area contributed by atoms with Crippen LogP contribution in [0.1, 0.15) is 23.1 Å². The summed E-state index contributed by atoms with van der Waals surface area (Å²) in [5.74, 6) is 2.10. The number of methoxy groups -OCH3 is 2. The predicted octanol–water partition coefficient (Wildman–Crippen LogP) is 2.93. The van der Waals surface area contributed by atoms with Crippen molar-refractivity contribution in [3.63, 3.8) is 0 Å². The highest BCUT2D eigenvalue weighted by Crippen LogP contribution is 2.28. The van der Waals surface area contributed by atoms with E-state index in [2.05, 4.69) is 17.4 Å². The largest absolute Gasteiger partial charge is 0.493 e. The second kappa shape index (κ2) is 8.61. The van der Waals surface area contributed by atoms with E-state index in [1.807, 2.05) is 18.2 Å². The van der Waals surface area contributed by atoms with Crippen LogP contribution < -0.4 is 19.5 Å². The molecule has 0 spiro atoms. The molecule has 0 atom stereocenters. The lowest BCUT2D eigenvalue weighted by Gasteiger charge is -2.11. The molecule has 1 aliphatic carbocycles. The summed E-state index contributed by atoms with van der Waals surface area (Å²) in [5.41, 5.74) is 3.69. The van der Waals surface area contributed by atoms with Gasteiger partial charge in [-0.05, 0) is 60.2 Å². The second-order valence-corrected chi connectivity index (χ2v) is 6.35. The smallest absolute Gasteiger partial charge is 0.224 e. The Balaban J connectivity index is 1.43. The number of rotatable bonds is 8. The molecule has 1 amide bonds. The van der Waals surface area contributed by atoms with Gasteiger partial charge in [-0.1, -0.05) is 12.1 Å². The fourth-order valence-electron chi connectivity index (χ4n) is 3.24. The number of ether oxygens (including phenoxy) is 3. The zero-order chi connectivity index (χ0) is 18.4. The minimum atomic E-state index is -0.0465. The lowest BCUT2D eigenvalue weighted by atomic mass is 10.1. The normalized spacial score (nSPS) is 12.4. The summed E-state index contributed by atoms with van der Waals surface area (Å²) in [5, 5.41) is 2.88. The first-order valence-electron chi connectivity index (χ1n) is 8.92. The highest BCUT2D eigenvalue weighted by atomic mass is 16.5. The van der Waals surface area contributed by atoms with Crippen molar-refractivity contribution in [1.29, 1.82) is 0 Å². The van der Waals surface area contributed by atoms with Crippen LogP contribution in [-0.2, 0) is 24.1 Å². The Morgan fingerprint density at radius 2 is 1.81 bits per heavy atom. The number of amides is 1. The molecule has 5 nitrogen and oxygen atoms in total. The van der Waals surface area contributed by atoms with Gasteiger partial charge < -0.3 is 19.5 Å². The van der Waals surface area contributed by atoms with Gasteiger partial charge in [0.15, 0.2) is 11.5 Å². The lowest BCUT2D eigenvalue weighted by molar-refractivity contribution is -0.120. The molecule has 0 fully saturated rings. The number of carbonyl (C=O) groups is 1. The Morgan fingerprint density at radius 1 is 1.00 bits per heavy atom. The zero-order valence-corrected chi connectivity index (χ0v) is 15.3. The first-order chi connectivity index (χ1) is 12.7. The van der Waals surface area contributed by atoms with E-state index in [1.165, 1.54) is 24.0 Å². The van der Waals surface area contributed by atoms with E-state index >= 15 is 0 Å². The van der Waals surface area contributed by atoms with Gasteiger partial charge in [-0.25, -0.2) is 0 Å². The van der Waals surface area contributed by atoms with Crippen molar-refractivity contribution < 1.29 is 19.0 Å². The van der Waals surface area contributed by atoms with Crippen molar-refractivity contribution in [2.24, 2.45) is 0 Å². The summed E-state index contributed by atoms with van der Waals surface area (Å²) < 4.78 is 16.2. The molecule has 0 saturated carbocycles. The van der Waals surface area contributed by atoms with Crippen molar-refractivity contribution in [2.75, 3.05) is 27.4 Å². The van der Waals surface area contributed by atoms with Gasteiger partial charge in [-0.2, -0.15) is 0 Å². The maximum atomic E-state index is 12.1. The van der Waals surface area contributed by atoms with Crippen LogP contribution in [0.4, 0.5) is 0 Å². The Morgan fingerprint density at radius 3 is 2.62 bits per heavy atom. The molecule has 3 rings (SSSR count). The molecule has 0 unspecified atom stereocenters. The van der Waals surface area contributed by atoms with E-state index in [9.17, 15) is 4.79 Å². The number of benzene rings is 2. The van der Waals surface area contributed by atoms with Crippen LogP contribution in [0.3, 0.4) is 0 Å². The fraction of sp³-hybridized carbons (Fsp3) is 0.381. The number of hydrogen-bond acceptors (Lipinski definition) is 4. The van der Waals surface area contributed by atoms with Gasteiger partial charge in [0.05, 0.1) is 27.2 Å². The summed E-state index contributed by atoms with van der Waals surface area (Å²) in [7, 11) is 3.17. The van der Waals surface area contributed by atoms with Crippen LogP contribution >= 0.6 is 0 Å². The number of nitrogens with one attached hydrogen (secondary N) is 1. The third-order valence-electron chi connectivity index (χ3n) is 4.58. The van der Waals surface area contributed by atoms with E-state index < -0.39 is 0 Å². The van der Waals surface area contributed by atoms with Crippen LogP contribution in [0.2, 0.25) is 0 Å². The molecule has 0 radical (unpaired) electrons. The van der Waals surface area contributed by atoms with Gasteiger partial charge >= 0.3 is 0 Å². The van der Waals surface area contributed by atoms with Crippen molar-refractivity contribution in [3.8, 4) is 17.2 Å². The topological polar surface area (TPSA) is 56.8 Å². The molecular formula is C21H25NO4. The number of hydrogen-bond donors (Lipinski definition) is 1. The average Bonchev–Trinajstić information content (AvgIpc) is 3.13. The monoisotopic (exact) mass is 355 g/mol. The average molecular weight is 355 g/mol. The molecule has 0 saturated heterocycles. The SMILES string of the molecule is COc1ccc(CC(=O)NCCOc2ccc3c(c2)CCC3)cc1OC. The van der Waals surface area contributed by atoms with E-state index in [-0.39, 0.29) is 5.91 Å². The minimum absolute atomic E-state index is 0.0465. The van der Waals surface area contributed by atoms with Gasteiger partial charge in [0.1, 0.15) is 12.4 Å². The van der Waals surface area contributed by atoms with Gasteiger partial charge in [-0.15, -0.1) is 0 Å². The minimum Gasteiger partial charge on any atom is -0.493 e. The maximum Gasteiger partial charge on any atom is 0.224 e. The number of carbonyl (C=O) groups excluding carboxylic acids is 1. The van der Waals surface area contributed by atoms with Crippen molar-refractivity contribution >= 4 is 5.91 Å². The van der Waals surface area contributed by atoms with Crippen LogP contribution in [0, 0.1) is 0 Å². The molecule has 26 heavy (non-hydrogen) atoms. The van der Waals surface area contributed by atoms with Crippen molar-refractivity contribution in [1.82, 2.24) is 5.32 Å². The third kappa shape index (κ3) is 4.48. The number of aryl methyl sites for hydroxylation is 2. The summed E-state index contributed by atoms with van der Waals surface area (Å²) in [6, 6.07) is 11.8. The summed E-state index contributed by atoms with van der Waals surface area (Å²) in [6.07, 6.45) is 3.82. The Labute approximate surface area is 154 Å². The molecule has 0 aromatic heterocycles. The summed E-state index contributed by atoms with van der Waals surface area (Å²) in [6.45, 7) is 0.930. The molecule has 2 aromatic carbocycles. The van der Waals surface area contributed by atoms with Crippen LogP contribution in [0.15, 0.2) is 36.4 Å². The highest BCUT2D eigenvalue weighted by Gasteiger charge is 2.11. The summed E-state index contributed by atoms with van der Waals surface area (Å²) >= 11 is 0. The molecule has 0 aliphatic heterocycles. The standard InChI is InChI=1S/C21H25NO4/c1-24-19-9-6-15(12-20(19)25-2)13-21(23)22-10-11-26-18-8-7-16-4-3-5-17(16)14-18/h6-9,12,14H,3-5,10-11,13H2,1-2H3,(H,22,23).